The minimum atomic E-state index is -4.76. The third-order valence-electron chi connectivity index (χ3n) is 6.66. The molecule has 4 aromatic rings. The van der Waals surface area contributed by atoms with E-state index in [1.807, 2.05) is 52.0 Å². The summed E-state index contributed by atoms with van der Waals surface area (Å²) in [5.41, 5.74) is 5.74. The van der Waals surface area contributed by atoms with Crippen molar-refractivity contribution >= 4 is 34.6 Å². The maximum absolute atomic E-state index is 12.9. The van der Waals surface area contributed by atoms with Crippen molar-refractivity contribution in [1.29, 1.82) is 0 Å². The van der Waals surface area contributed by atoms with E-state index in [4.69, 9.17) is 0 Å². The van der Waals surface area contributed by atoms with Crippen molar-refractivity contribution in [3.05, 3.63) is 89.2 Å². The summed E-state index contributed by atoms with van der Waals surface area (Å²) in [6.45, 7) is 7.69. The molecule has 43 heavy (non-hydrogen) atoms. The Bertz CT molecular complexity index is 1680. The summed E-state index contributed by atoms with van der Waals surface area (Å²) in [6, 6.07) is 15.6. The number of anilines is 1. The topological polar surface area (TPSA) is 102 Å². The number of amidine groups is 1. The minimum Gasteiger partial charge on any atom is -0.406 e. The molecule has 0 aliphatic carbocycles. The van der Waals surface area contributed by atoms with Gasteiger partial charge in [0.1, 0.15) is 12.1 Å². The Kier molecular flexibility index (Phi) is 8.27. The number of rotatable bonds is 6. The first kappa shape index (κ1) is 29.8. The van der Waals surface area contributed by atoms with Crippen molar-refractivity contribution in [3.8, 4) is 22.8 Å². The lowest BCUT2D eigenvalue weighted by Crippen LogP contribution is -2.33. The quantitative estimate of drug-likeness (QED) is 0.263. The number of aromatic nitrogens is 3. The number of aliphatic imine (C=N–C) groups is 1. The first-order chi connectivity index (χ1) is 20.4. The number of hydrogen-bond donors (Lipinski definition) is 1. The van der Waals surface area contributed by atoms with Gasteiger partial charge >= 0.3 is 12.4 Å². The van der Waals surface area contributed by atoms with Crippen LogP contribution in [0.4, 0.5) is 23.7 Å². The van der Waals surface area contributed by atoms with Gasteiger partial charge < -0.3 is 10.1 Å². The number of nitrogens with zero attached hydrogens (tertiary/aromatic N) is 5. The first-order valence-corrected chi connectivity index (χ1v) is 14.2. The van der Waals surface area contributed by atoms with Crippen LogP contribution in [0.2, 0.25) is 0 Å². The fourth-order valence-corrected chi connectivity index (χ4v) is 5.67. The second-order valence-electron chi connectivity index (χ2n) is 10.0. The summed E-state index contributed by atoms with van der Waals surface area (Å²) in [7, 11) is 0. The molecule has 1 aliphatic rings. The molecule has 0 radical (unpaired) electrons. The molecule has 1 aliphatic heterocycles. The molecule has 0 saturated carbocycles. The predicted molar refractivity (Wildman–Crippen MR) is 158 cm³/mol. The number of aryl methyl sites for hydroxylation is 3. The van der Waals surface area contributed by atoms with E-state index in [0.717, 1.165) is 27.9 Å². The summed E-state index contributed by atoms with van der Waals surface area (Å²) < 4.78 is 42.6. The SMILES string of the molecule is Cc1cc(C)c(N2C(=O)CS/C2=N\C(=O)NC(C)c2ccc(-c3ncn(-c4ccc(OC(F)(F)F)cc4)n3)cc2)c(C)c1. The van der Waals surface area contributed by atoms with Crippen molar-refractivity contribution in [2.75, 3.05) is 10.7 Å². The molecule has 222 valence electrons. The number of benzene rings is 3. The number of carbonyl (C=O) groups excluding carboxylic acids is 2. The number of alkyl halides is 3. The molecule has 0 spiro atoms. The van der Waals surface area contributed by atoms with Gasteiger partial charge in [-0.05, 0) is 68.7 Å². The van der Waals surface area contributed by atoms with Crippen LogP contribution >= 0.6 is 11.8 Å². The normalized spacial score (nSPS) is 15.2. The zero-order chi connectivity index (χ0) is 30.9. The molecule has 1 atom stereocenters. The Labute approximate surface area is 249 Å². The Morgan fingerprint density at radius 1 is 1.05 bits per heavy atom. The van der Waals surface area contributed by atoms with E-state index in [1.54, 1.807) is 12.1 Å². The maximum atomic E-state index is 12.9. The highest BCUT2D eigenvalue weighted by atomic mass is 32.2. The summed E-state index contributed by atoms with van der Waals surface area (Å²) in [4.78, 5) is 35.6. The van der Waals surface area contributed by atoms with Gasteiger partial charge in [-0.2, -0.15) is 4.99 Å². The van der Waals surface area contributed by atoms with E-state index in [2.05, 4.69) is 25.1 Å². The van der Waals surface area contributed by atoms with Crippen LogP contribution in [0.5, 0.6) is 5.75 Å². The van der Waals surface area contributed by atoms with Gasteiger partial charge in [0, 0.05) is 5.56 Å². The molecule has 1 fully saturated rings. The number of thioether (sulfide) groups is 1. The molecule has 9 nitrogen and oxygen atoms in total. The van der Waals surface area contributed by atoms with Gasteiger partial charge in [0.2, 0.25) is 5.91 Å². The molecule has 2 heterocycles. The van der Waals surface area contributed by atoms with E-state index in [9.17, 15) is 22.8 Å². The number of halogens is 3. The third-order valence-corrected chi connectivity index (χ3v) is 7.58. The van der Waals surface area contributed by atoms with E-state index in [0.29, 0.717) is 22.2 Å². The van der Waals surface area contributed by atoms with Crippen LogP contribution in [0, 0.1) is 20.8 Å². The van der Waals surface area contributed by atoms with Crippen LogP contribution in [0.3, 0.4) is 0 Å². The molecular weight excluding hydrogens is 581 g/mol. The zero-order valence-electron chi connectivity index (χ0n) is 23.6. The Morgan fingerprint density at radius 2 is 1.70 bits per heavy atom. The molecule has 3 amide bonds. The molecule has 5 rings (SSSR count). The summed E-state index contributed by atoms with van der Waals surface area (Å²) in [6.07, 6.45) is -3.31. The maximum Gasteiger partial charge on any atom is 0.573 e. The van der Waals surface area contributed by atoms with Crippen molar-refractivity contribution in [1.82, 2.24) is 20.1 Å². The second-order valence-corrected chi connectivity index (χ2v) is 10.9. The number of carbonyl (C=O) groups is 2. The summed E-state index contributed by atoms with van der Waals surface area (Å²) in [5, 5.41) is 7.61. The van der Waals surface area contributed by atoms with Crippen molar-refractivity contribution in [2.24, 2.45) is 4.99 Å². The predicted octanol–water partition coefficient (Wildman–Crippen LogP) is 6.66. The molecule has 1 saturated heterocycles. The summed E-state index contributed by atoms with van der Waals surface area (Å²) >= 11 is 1.23. The highest BCUT2D eigenvalue weighted by Crippen LogP contribution is 2.33. The van der Waals surface area contributed by atoms with E-state index >= 15 is 0 Å². The summed E-state index contributed by atoms with van der Waals surface area (Å²) in [5.74, 6) is 0.162. The standard InChI is InChI=1S/C30H27F3N6O3S/c1-17-13-18(2)26(19(3)14-17)39-25(40)15-43-29(39)36-28(41)35-20(4)21-5-7-22(8-6-21)27-34-16-38(37-27)23-9-11-24(12-10-23)42-30(31,32)33/h5-14,16,20H,15H2,1-4H3,(H,35,41)/b36-29-. The van der Waals surface area contributed by atoms with Gasteiger partial charge in [0.05, 0.1) is 23.2 Å². The molecule has 1 unspecified atom stereocenters. The van der Waals surface area contributed by atoms with Crippen LogP contribution in [0.1, 0.15) is 35.2 Å². The first-order valence-electron chi connectivity index (χ1n) is 13.2. The van der Waals surface area contributed by atoms with Gasteiger partial charge in [0.15, 0.2) is 11.0 Å². The average Bonchev–Trinajstić information content (AvgIpc) is 3.56. The van der Waals surface area contributed by atoms with Crippen LogP contribution in [0.15, 0.2) is 72.0 Å². The smallest absolute Gasteiger partial charge is 0.406 e. The molecule has 13 heteroatoms. The van der Waals surface area contributed by atoms with Crippen molar-refractivity contribution in [2.45, 2.75) is 40.1 Å². The Hall–Kier alpha value is -4.65. The van der Waals surface area contributed by atoms with Gasteiger partial charge in [-0.25, -0.2) is 14.5 Å². The zero-order valence-corrected chi connectivity index (χ0v) is 24.5. The molecule has 1 aromatic heterocycles. The molecule has 1 N–H and O–H groups in total. The lowest BCUT2D eigenvalue weighted by molar-refractivity contribution is -0.274. The number of nitrogens with one attached hydrogen (secondary N) is 1. The Balaban J connectivity index is 1.25. The molecular formula is C30H27F3N6O3S. The van der Waals surface area contributed by atoms with Gasteiger partial charge in [-0.3, -0.25) is 9.69 Å². The lowest BCUT2D eigenvalue weighted by Gasteiger charge is -2.21. The minimum absolute atomic E-state index is 0.126. The number of ether oxygens (including phenoxy) is 1. The third kappa shape index (κ3) is 6.88. The highest BCUT2D eigenvalue weighted by Gasteiger charge is 2.33. The second kappa shape index (κ2) is 11.9. The molecule has 3 aromatic carbocycles. The van der Waals surface area contributed by atoms with Crippen molar-refractivity contribution in [3.63, 3.8) is 0 Å². The van der Waals surface area contributed by atoms with E-state index < -0.39 is 12.4 Å². The van der Waals surface area contributed by atoms with Crippen molar-refractivity contribution < 1.29 is 27.5 Å². The fourth-order valence-electron chi connectivity index (χ4n) is 4.82. The lowest BCUT2D eigenvalue weighted by atomic mass is 10.0. The van der Waals surface area contributed by atoms with Gasteiger partial charge in [0.25, 0.3) is 0 Å². The largest absolute Gasteiger partial charge is 0.573 e. The van der Waals surface area contributed by atoms with Crippen LogP contribution < -0.4 is 15.0 Å². The highest BCUT2D eigenvalue weighted by molar-refractivity contribution is 8.15. The molecule has 0 bridgehead atoms. The van der Waals surface area contributed by atoms with E-state index in [-0.39, 0.29) is 23.5 Å². The van der Waals surface area contributed by atoms with Gasteiger partial charge in [-0.15, -0.1) is 18.3 Å². The van der Waals surface area contributed by atoms with Crippen LogP contribution in [-0.2, 0) is 4.79 Å². The van der Waals surface area contributed by atoms with Crippen LogP contribution in [-0.4, -0.2) is 44.0 Å². The average molecular weight is 609 g/mol. The Morgan fingerprint density at radius 3 is 2.33 bits per heavy atom. The fraction of sp³-hybridized carbons (Fsp3) is 0.233. The number of urea groups is 1. The van der Waals surface area contributed by atoms with Crippen LogP contribution in [0.25, 0.3) is 17.1 Å². The number of amides is 3. The van der Waals surface area contributed by atoms with Gasteiger partial charge in [-0.1, -0.05) is 53.7 Å². The number of hydrogen-bond acceptors (Lipinski definition) is 6. The van der Waals surface area contributed by atoms with E-state index in [1.165, 1.54) is 51.9 Å². The monoisotopic (exact) mass is 608 g/mol.